The van der Waals surface area contributed by atoms with E-state index in [0.29, 0.717) is 11.3 Å². The van der Waals surface area contributed by atoms with E-state index in [4.69, 9.17) is 4.74 Å². The van der Waals surface area contributed by atoms with Gasteiger partial charge in [0.25, 0.3) is 0 Å². The number of benzene rings is 1. The van der Waals surface area contributed by atoms with Gasteiger partial charge in [-0.25, -0.2) is 0 Å². The van der Waals surface area contributed by atoms with E-state index < -0.39 is 0 Å². The fraction of sp³-hybridized carbons (Fsp3) is 0.667. The van der Waals surface area contributed by atoms with Gasteiger partial charge in [-0.3, -0.25) is 0 Å². The highest BCUT2D eigenvalue weighted by molar-refractivity contribution is 5.29. The summed E-state index contributed by atoms with van der Waals surface area (Å²) in [4.78, 5) is 0. The molecule has 0 aliphatic heterocycles. The summed E-state index contributed by atoms with van der Waals surface area (Å²) < 4.78 is 5.74. The third kappa shape index (κ3) is 6.95. The Morgan fingerprint density at radius 3 is 2.30 bits per heavy atom. The molecule has 0 amide bonds. The van der Waals surface area contributed by atoms with E-state index in [-0.39, 0.29) is 0 Å². The zero-order valence-corrected chi connectivity index (χ0v) is 13.8. The molecule has 2 nitrogen and oxygen atoms in total. The second-order valence-electron chi connectivity index (χ2n) is 6.79. The Morgan fingerprint density at radius 1 is 1.10 bits per heavy atom. The van der Waals surface area contributed by atoms with Crippen molar-refractivity contribution >= 4 is 0 Å². The maximum atomic E-state index is 5.74. The second kappa shape index (κ2) is 8.31. The zero-order chi connectivity index (χ0) is 15.0. The van der Waals surface area contributed by atoms with Crippen molar-refractivity contribution in [2.45, 2.75) is 53.4 Å². The van der Waals surface area contributed by atoms with Crippen LogP contribution in [0.15, 0.2) is 24.3 Å². The van der Waals surface area contributed by atoms with Crippen molar-refractivity contribution in [2.24, 2.45) is 5.41 Å². The van der Waals surface area contributed by atoms with Crippen LogP contribution in [-0.2, 0) is 0 Å². The number of nitrogens with one attached hydrogen (secondary N) is 1. The molecular formula is C18H31NO. The predicted octanol–water partition coefficient (Wildman–Crippen LogP) is 4.60. The maximum Gasteiger partial charge on any atom is 0.119 e. The van der Waals surface area contributed by atoms with Gasteiger partial charge in [-0.1, -0.05) is 46.8 Å². The average Bonchev–Trinajstić information content (AvgIpc) is 2.41. The SMILES string of the molecule is CCC(C)c1ccc(OCCNCCC(C)(C)C)cc1. The first kappa shape index (κ1) is 17.0. The quantitative estimate of drug-likeness (QED) is 0.701. The van der Waals surface area contributed by atoms with Crippen LogP contribution in [0.4, 0.5) is 0 Å². The number of rotatable bonds is 8. The van der Waals surface area contributed by atoms with E-state index in [1.165, 1.54) is 18.4 Å². The van der Waals surface area contributed by atoms with Gasteiger partial charge in [0.1, 0.15) is 12.4 Å². The van der Waals surface area contributed by atoms with Crippen LogP contribution in [0.1, 0.15) is 58.9 Å². The summed E-state index contributed by atoms with van der Waals surface area (Å²) in [6.07, 6.45) is 2.37. The number of hydrogen-bond donors (Lipinski definition) is 1. The summed E-state index contributed by atoms with van der Waals surface area (Å²) in [5.41, 5.74) is 1.79. The van der Waals surface area contributed by atoms with E-state index in [9.17, 15) is 0 Å². The second-order valence-corrected chi connectivity index (χ2v) is 6.79. The van der Waals surface area contributed by atoms with Crippen LogP contribution in [0, 0.1) is 5.41 Å². The Labute approximate surface area is 124 Å². The van der Waals surface area contributed by atoms with Gasteiger partial charge in [0, 0.05) is 6.54 Å². The minimum absolute atomic E-state index is 0.402. The van der Waals surface area contributed by atoms with Gasteiger partial charge in [-0.05, 0) is 48.4 Å². The number of hydrogen-bond acceptors (Lipinski definition) is 2. The first-order chi connectivity index (χ1) is 9.42. The van der Waals surface area contributed by atoms with Gasteiger partial charge in [0.15, 0.2) is 0 Å². The molecule has 0 radical (unpaired) electrons. The van der Waals surface area contributed by atoms with Crippen molar-refractivity contribution < 1.29 is 4.74 Å². The van der Waals surface area contributed by atoms with E-state index in [0.717, 1.165) is 25.4 Å². The molecule has 0 aromatic heterocycles. The molecule has 1 N–H and O–H groups in total. The first-order valence-electron chi connectivity index (χ1n) is 7.86. The molecule has 1 rings (SSSR count). The Bertz CT molecular complexity index is 364. The van der Waals surface area contributed by atoms with E-state index >= 15 is 0 Å². The number of ether oxygens (including phenoxy) is 1. The molecule has 1 atom stereocenters. The highest BCUT2D eigenvalue weighted by atomic mass is 16.5. The molecule has 0 aliphatic rings. The van der Waals surface area contributed by atoms with Gasteiger partial charge in [-0.15, -0.1) is 0 Å². The van der Waals surface area contributed by atoms with Gasteiger partial charge >= 0.3 is 0 Å². The van der Waals surface area contributed by atoms with Crippen molar-refractivity contribution in [3.63, 3.8) is 0 Å². The largest absolute Gasteiger partial charge is 0.492 e. The molecule has 0 saturated heterocycles. The third-order valence-corrected chi connectivity index (χ3v) is 3.66. The van der Waals surface area contributed by atoms with E-state index in [2.05, 4.69) is 64.2 Å². The van der Waals surface area contributed by atoms with Gasteiger partial charge in [-0.2, -0.15) is 0 Å². The summed E-state index contributed by atoms with van der Waals surface area (Å²) in [6.45, 7) is 14.0. The molecule has 1 unspecified atom stereocenters. The lowest BCUT2D eigenvalue weighted by Crippen LogP contribution is -2.25. The Hall–Kier alpha value is -1.02. The topological polar surface area (TPSA) is 21.3 Å². The van der Waals surface area contributed by atoms with Gasteiger partial charge in [0.2, 0.25) is 0 Å². The molecule has 0 fully saturated rings. The summed E-state index contributed by atoms with van der Waals surface area (Å²) in [5.74, 6) is 1.60. The van der Waals surface area contributed by atoms with E-state index in [1.54, 1.807) is 0 Å². The molecule has 0 saturated carbocycles. The lowest BCUT2D eigenvalue weighted by Gasteiger charge is -2.18. The standard InChI is InChI=1S/C18H31NO/c1-6-15(2)16-7-9-17(10-8-16)20-14-13-19-12-11-18(3,4)5/h7-10,15,19H,6,11-14H2,1-5H3. The first-order valence-corrected chi connectivity index (χ1v) is 7.86. The normalized spacial score (nSPS) is 13.2. The summed E-state index contributed by atoms with van der Waals surface area (Å²) in [7, 11) is 0. The van der Waals surface area contributed by atoms with Crippen LogP contribution in [0.2, 0.25) is 0 Å². The van der Waals surface area contributed by atoms with Gasteiger partial charge < -0.3 is 10.1 Å². The van der Waals surface area contributed by atoms with E-state index in [1.807, 2.05) is 0 Å². The van der Waals surface area contributed by atoms with Gasteiger partial charge in [0.05, 0.1) is 0 Å². The lowest BCUT2D eigenvalue weighted by atomic mass is 9.92. The Balaban J connectivity index is 2.19. The smallest absolute Gasteiger partial charge is 0.119 e. The zero-order valence-electron chi connectivity index (χ0n) is 13.8. The van der Waals surface area contributed by atoms with Crippen molar-refractivity contribution in [1.29, 1.82) is 0 Å². The maximum absolute atomic E-state index is 5.74. The van der Waals surface area contributed by atoms with Crippen LogP contribution in [0.3, 0.4) is 0 Å². The summed E-state index contributed by atoms with van der Waals surface area (Å²) >= 11 is 0. The summed E-state index contributed by atoms with van der Waals surface area (Å²) in [5, 5.41) is 3.43. The average molecular weight is 277 g/mol. The molecule has 0 spiro atoms. The predicted molar refractivity (Wildman–Crippen MR) is 87.6 cm³/mol. The molecule has 20 heavy (non-hydrogen) atoms. The third-order valence-electron chi connectivity index (χ3n) is 3.66. The van der Waals surface area contributed by atoms with Crippen molar-refractivity contribution in [3.05, 3.63) is 29.8 Å². The fourth-order valence-electron chi connectivity index (χ4n) is 1.96. The highest BCUT2D eigenvalue weighted by Gasteiger charge is 2.08. The van der Waals surface area contributed by atoms with Crippen LogP contribution in [-0.4, -0.2) is 19.7 Å². The highest BCUT2D eigenvalue weighted by Crippen LogP contribution is 2.21. The fourth-order valence-corrected chi connectivity index (χ4v) is 1.96. The molecule has 1 aromatic rings. The molecule has 0 aliphatic carbocycles. The summed E-state index contributed by atoms with van der Waals surface area (Å²) in [6, 6.07) is 8.51. The Kier molecular flexibility index (Phi) is 7.08. The minimum atomic E-state index is 0.402. The monoisotopic (exact) mass is 277 g/mol. The van der Waals surface area contributed by atoms with Crippen LogP contribution in [0.5, 0.6) is 5.75 Å². The molecule has 114 valence electrons. The molecule has 1 aromatic carbocycles. The molecule has 0 heterocycles. The molecule has 2 heteroatoms. The minimum Gasteiger partial charge on any atom is -0.492 e. The Morgan fingerprint density at radius 2 is 1.75 bits per heavy atom. The molecule has 0 bridgehead atoms. The van der Waals surface area contributed by atoms with Crippen molar-refractivity contribution in [2.75, 3.05) is 19.7 Å². The van der Waals surface area contributed by atoms with Crippen LogP contribution < -0.4 is 10.1 Å². The van der Waals surface area contributed by atoms with Crippen molar-refractivity contribution in [1.82, 2.24) is 5.32 Å². The lowest BCUT2D eigenvalue weighted by molar-refractivity contribution is 0.304. The molecular weight excluding hydrogens is 246 g/mol. The van der Waals surface area contributed by atoms with Crippen LogP contribution >= 0.6 is 0 Å². The van der Waals surface area contributed by atoms with Crippen molar-refractivity contribution in [3.8, 4) is 5.75 Å². The van der Waals surface area contributed by atoms with Crippen LogP contribution in [0.25, 0.3) is 0 Å².